The van der Waals surface area contributed by atoms with Crippen LogP contribution in [0.1, 0.15) is 18.9 Å². The Kier molecular flexibility index (Phi) is 6.10. The lowest BCUT2D eigenvalue weighted by Gasteiger charge is -2.10. The summed E-state index contributed by atoms with van der Waals surface area (Å²) in [5, 5.41) is 2.77. The van der Waals surface area contributed by atoms with Gasteiger partial charge in [0.1, 0.15) is 5.75 Å². The molecule has 0 atom stereocenters. The van der Waals surface area contributed by atoms with Gasteiger partial charge >= 0.3 is 0 Å². The van der Waals surface area contributed by atoms with Gasteiger partial charge in [-0.2, -0.15) is 0 Å². The normalized spacial score (nSPS) is 10.0. The zero-order valence-electron chi connectivity index (χ0n) is 10.2. The molecule has 0 bridgehead atoms. The first-order chi connectivity index (χ1) is 8.27. The minimum Gasteiger partial charge on any atom is -0.483 e. The summed E-state index contributed by atoms with van der Waals surface area (Å²) >= 11 is 0. The third-order valence-electron chi connectivity index (χ3n) is 2.32. The SMILES string of the molecule is CCCNC(=O)COc1ccccc1CCN. The highest BCUT2D eigenvalue weighted by Crippen LogP contribution is 2.17. The van der Waals surface area contributed by atoms with Gasteiger partial charge in [-0.25, -0.2) is 0 Å². The van der Waals surface area contributed by atoms with E-state index < -0.39 is 0 Å². The van der Waals surface area contributed by atoms with Crippen molar-refractivity contribution in [2.45, 2.75) is 19.8 Å². The van der Waals surface area contributed by atoms with Crippen molar-refractivity contribution in [3.8, 4) is 5.75 Å². The van der Waals surface area contributed by atoms with Gasteiger partial charge < -0.3 is 15.8 Å². The second kappa shape index (κ2) is 7.68. The lowest BCUT2D eigenvalue weighted by Crippen LogP contribution is -2.29. The van der Waals surface area contributed by atoms with E-state index in [9.17, 15) is 4.79 Å². The molecule has 1 aromatic carbocycles. The van der Waals surface area contributed by atoms with Crippen LogP contribution in [0.3, 0.4) is 0 Å². The third-order valence-corrected chi connectivity index (χ3v) is 2.32. The maximum absolute atomic E-state index is 11.4. The quantitative estimate of drug-likeness (QED) is 0.745. The summed E-state index contributed by atoms with van der Waals surface area (Å²) < 4.78 is 5.48. The average molecular weight is 236 g/mol. The van der Waals surface area contributed by atoms with Crippen LogP contribution in [0.5, 0.6) is 5.75 Å². The number of hydrogen-bond donors (Lipinski definition) is 2. The third kappa shape index (κ3) is 4.87. The Morgan fingerprint density at radius 1 is 1.41 bits per heavy atom. The van der Waals surface area contributed by atoms with E-state index in [1.807, 2.05) is 31.2 Å². The molecule has 0 saturated carbocycles. The molecule has 0 spiro atoms. The van der Waals surface area contributed by atoms with Crippen molar-refractivity contribution in [1.29, 1.82) is 0 Å². The molecule has 1 aromatic rings. The Morgan fingerprint density at radius 2 is 2.18 bits per heavy atom. The highest BCUT2D eigenvalue weighted by Gasteiger charge is 2.05. The van der Waals surface area contributed by atoms with Crippen molar-refractivity contribution >= 4 is 5.91 Å². The smallest absolute Gasteiger partial charge is 0.257 e. The summed E-state index contributed by atoms with van der Waals surface area (Å²) in [6.45, 7) is 3.33. The molecule has 0 aromatic heterocycles. The predicted molar refractivity (Wildman–Crippen MR) is 68.0 cm³/mol. The second-order valence-corrected chi connectivity index (χ2v) is 3.79. The van der Waals surface area contributed by atoms with Gasteiger partial charge in [0.2, 0.25) is 0 Å². The lowest BCUT2D eigenvalue weighted by molar-refractivity contribution is -0.123. The topological polar surface area (TPSA) is 64.3 Å². The van der Waals surface area contributed by atoms with Crippen LogP contribution < -0.4 is 15.8 Å². The van der Waals surface area contributed by atoms with Crippen LogP contribution in [0.2, 0.25) is 0 Å². The van der Waals surface area contributed by atoms with E-state index in [0.717, 1.165) is 24.2 Å². The van der Waals surface area contributed by atoms with Gasteiger partial charge in [0, 0.05) is 6.54 Å². The molecule has 0 radical (unpaired) electrons. The molecule has 0 heterocycles. The molecule has 4 nitrogen and oxygen atoms in total. The summed E-state index contributed by atoms with van der Waals surface area (Å²) in [6.07, 6.45) is 1.68. The van der Waals surface area contributed by atoms with Crippen LogP contribution in [0.15, 0.2) is 24.3 Å². The molecular weight excluding hydrogens is 216 g/mol. The predicted octanol–water partition coefficient (Wildman–Crippen LogP) is 1.09. The van der Waals surface area contributed by atoms with Crippen molar-refractivity contribution < 1.29 is 9.53 Å². The largest absolute Gasteiger partial charge is 0.483 e. The highest BCUT2D eigenvalue weighted by atomic mass is 16.5. The number of ether oxygens (including phenoxy) is 1. The molecule has 0 aliphatic carbocycles. The molecule has 0 aliphatic rings. The number of hydrogen-bond acceptors (Lipinski definition) is 3. The molecule has 1 amide bonds. The molecule has 0 saturated heterocycles. The Morgan fingerprint density at radius 3 is 2.88 bits per heavy atom. The van der Waals surface area contributed by atoms with Crippen molar-refractivity contribution in [1.82, 2.24) is 5.32 Å². The summed E-state index contributed by atoms with van der Waals surface area (Å²) in [5.74, 6) is 0.652. The summed E-state index contributed by atoms with van der Waals surface area (Å²) in [6, 6.07) is 7.65. The summed E-state index contributed by atoms with van der Waals surface area (Å²) in [7, 11) is 0. The van der Waals surface area contributed by atoms with Crippen LogP contribution in [-0.4, -0.2) is 25.6 Å². The molecule has 0 unspecified atom stereocenters. The standard InChI is InChI=1S/C13H20N2O2/c1-2-9-15-13(16)10-17-12-6-4-3-5-11(12)7-8-14/h3-6H,2,7-10,14H2,1H3,(H,15,16). The molecule has 17 heavy (non-hydrogen) atoms. The molecule has 0 fully saturated rings. The zero-order valence-corrected chi connectivity index (χ0v) is 10.2. The number of amides is 1. The second-order valence-electron chi connectivity index (χ2n) is 3.79. The molecule has 4 heteroatoms. The van der Waals surface area contributed by atoms with Gasteiger partial charge in [-0.15, -0.1) is 0 Å². The summed E-state index contributed by atoms with van der Waals surface area (Å²) in [5.41, 5.74) is 6.56. The van der Waals surface area contributed by atoms with E-state index >= 15 is 0 Å². The van der Waals surface area contributed by atoms with Gasteiger partial charge in [-0.1, -0.05) is 25.1 Å². The fraction of sp³-hybridized carbons (Fsp3) is 0.462. The van der Waals surface area contributed by atoms with Crippen LogP contribution in [0.25, 0.3) is 0 Å². The van der Waals surface area contributed by atoms with Crippen molar-refractivity contribution in [2.24, 2.45) is 5.73 Å². The van der Waals surface area contributed by atoms with E-state index in [4.69, 9.17) is 10.5 Å². The number of carbonyl (C=O) groups is 1. The van der Waals surface area contributed by atoms with Gasteiger partial charge in [0.25, 0.3) is 5.91 Å². The highest BCUT2D eigenvalue weighted by molar-refractivity contribution is 5.77. The van der Waals surface area contributed by atoms with Crippen LogP contribution >= 0.6 is 0 Å². The van der Waals surface area contributed by atoms with E-state index in [0.29, 0.717) is 13.1 Å². The summed E-state index contributed by atoms with van der Waals surface area (Å²) in [4.78, 5) is 11.4. The van der Waals surface area contributed by atoms with Crippen LogP contribution in [0, 0.1) is 0 Å². The van der Waals surface area contributed by atoms with E-state index in [-0.39, 0.29) is 12.5 Å². The number of nitrogens with two attached hydrogens (primary N) is 1. The fourth-order valence-electron chi connectivity index (χ4n) is 1.47. The van der Waals surface area contributed by atoms with Gasteiger partial charge in [0.05, 0.1) is 0 Å². The molecular formula is C13H20N2O2. The van der Waals surface area contributed by atoms with Crippen molar-refractivity contribution in [3.63, 3.8) is 0 Å². The number of rotatable bonds is 7. The Labute approximate surface area is 102 Å². The minimum absolute atomic E-state index is 0.0571. The van der Waals surface area contributed by atoms with Crippen molar-refractivity contribution in [2.75, 3.05) is 19.7 Å². The van der Waals surface area contributed by atoms with Crippen molar-refractivity contribution in [3.05, 3.63) is 29.8 Å². The first kappa shape index (κ1) is 13.5. The monoisotopic (exact) mass is 236 g/mol. The first-order valence-corrected chi connectivity index (χ1v) is 5.95. The first-order valence-electron chi connectivity index (χ1n) is 5.95. The van der Waals surface area contributed by atoms with Crippen LogP contribution in [-0.2, 0) is 11.2 Å². The average Bonchev–Trinajstić information content (AvgIpc) is 2.35. The number of para-hydroxylation sites is 1. The van der Waals surface area contributed by atoms with Gasteiger partial charge in [-0.05, 0) is 31.0 Å². The van der Waals surface area contributed by atoms with Gasteiger partial charge in [-0.3, -0.25) is 4.79 Å². The number of benzene rings is 1. The number of carbonyl (C=O) groups excluding carboxylic acids is 1. The Balaban J connectivity index is 2.47. The number of nitrogens with one attached hydrogen (secondary N) is 1. The fourth-order valence-corrected chi connectivity index (χ4v) is 1.47. The molecule has 1 rings (SSSR count). The van der Waals surface area contributed by atoms with E-state index in [1.165, 1.54) is 0 Å². The Bertz CT molecular complexity index is 353. The Hall–Kier alpha value is -1.55. The molecule has 3 N–H and O–H groups in total. The maximum atomic E-state index is 11.4. The minimum atomic E-state index is -0.0885. The van der Waals surface area contributed by atoms with Gasteiger partial charge in [0.15, 0.2) is 6.61 Å². The van der Waals surface area contributed by atoms with Crippen LogP contribution in [0.4, 0.5) is 0 Å². The van der Waals surface area contributed by atoms with E-state index in [2.05, 4.69) is 5.32 Å². The maximum Gasteiger partial charge on any atom is 0.257 e. The zero-order chi connectivity index (χ0) is 12.5. The van der Waals surface area contributed by atoms with E-state index in [1.54, 1.807) is 0 Å². The lowest BCUT2D eigenvalue weighted by atomic mass is 10.1. The molecule has 0 aliphatic heterocycles. The molecule has 94 valence electrons.